The molecule has 0 saturated heterocycles. The Balaban J connectivity index is 2.33. The van der Waals surface area contributed by atoms with Crippen LogP contribution < -0.4 is 5.32 Å². The highest BCUT2D eigenvalue weighted by Gasteiger charge is 2.26. The van der Waals surface area contributed by atoms with Gasteiger partial charge >= 0.3 is 0 Å². The molecule has 0 heterocycles. The van der Waals surface area contributed by atoms with Gasteiger partial charge in [0.15, 0.2) is 0 Å². The molecule has 0 aliphatic heterocycles. The van der Waals surface area contributed by atoms with Gasteiger partial charge in [0.25, 0.3) is 0 Å². The summed E-state index contributed by atoms with van der Waals surface area (Å²) in [4.78, 5) is 2.47. The first-order chi connectivity index (χ1) is 8.19. The van der Waals surface area contributed by atoms with E-state index in [1.807, 2.05) is 0 Å². The van der Waals surface area contributed by atoms with E-state index in [9.17, 15) is 0 Å². The second-order valence-electron chi connectivity index (χ2n) is 5.51. The average molecular weight is 242 g/mol. The van der Waals surface area contributed by atoms with Crippen LogP contribution in [0.3, 0.4) is 0 Å². The summed E-state index contributed by atoms with van der Waals surface area (Å²) in [5.74, 6) is 0. The first kappa shape index (κ1) is 14.9. The zero-order chi connectivity index (χ0) is 12.7. The van der Waals surface area contributed by atoms with Crippen molar-refractivity contribution in [3.05, 3.63) is 0 Å². The molecule has 1 saturated carbocycles. The van der Waals surface area contributed by atoms with Gasteiger partial charge in [-0.25, -0.2) is 0 Å². The third kappa shape index (κ3) is 4.94. The number of nitrogens with one attached hydrogen (secondary N) is 1. The first-order valence-electron chi connectivity index (χ1n) is 7.29. The van der Waals surface area contributed by atoms with Crippen molar-refractivity contribution >= 4 is 0 Å². The first-order valence-corrected chi connectivity index (χ1v) is 7.29. The van der Waals surface area contributed by atoms with Crippen molar-refractivity contribution in [1.82, 2.24) is 10.2 Å². The lowest BCUT2D eigenvalue weighted by molar-refractivity contribution is 0.0880. The van der Waals surface area contributed by atoms with E-state index in [4.69, 9.17) is 5.11 Å². The van der Waals surface area contributed by atoms with E-state index in [0.29, 0.717) is 12.1 Å². The van der Waals surface area contributed by atoms with Crippen LogP contribution in [-0.4, -0.2) is 47.8 Å². The fourth-order valence-electron chi connectivity index (χ4n) is 2.94. The van der Waals surface area contributed by atoms with Crippen LogP contribution >= 0.6 is 0 Å². The van der Waals surface area contributed by atoms with Gasteiger partial charge in [-0.2, -0.15) is 0 Å². The molecule has 0 unspecified atom stereocenters. The van der Waals surface area contributed by atoms with Gasteiger partial charge in [-0.1, -0.05) is 6.92 Å². The van der Waals surface area contributed by atoms with E-state index in [1.54, 1.807) is 0 Å². The topological polar surface area (TPSA) is 35.5 Å². The Hall–Kier alpha value is -0.120. The molecule has 0 spiro atoms. The molecule has 0 aromatic carbocycles. The van der Waals surface area contributed by atoms with Crippen molar-refractivity contribution in [3.63, 3.8) is 0 Å². The van der Waals surface area contributed by atoms with Gasteiger partial charge in [0.2, 0.25) is 0 Å². The Morgan fingerprint density at radius 1 is 1.24 bits per heavy atom. The summed E-state index contributed by atoms with van der Waals surface area (Å²) in [5, 5.41) is 12.8. The predicted octanol–water partition coefficient (Wildman–Crippen LogP) is 2.00. The average Bonchev–Trinajstić information content (AvgIpc) is 2.34. The van der Waals surface area contributed by atoms with Gasteiger partial charge < -0.3 is 10.4 Å². The lowest BCUT2D eigenvalue weighted by atomic mass is 9.89. The molecular formula is C14H30N2O. The van der Waals surface area contributed by atoms with E-state index in [0.717, 1.165) is 19.1 Å². The molecule has 0 radical (unpaired) electrons. The minimum atomic E-state index is 0.284. The number of hydrogen-bond acceptors (Lipinski definition) is 3. The molecule has 17 heavy (non-hydrogen) atoms. The van der Waals surface area contributed by atoms with Gasteiger partial charge in [0, 0.05) is 24.7 Å². The van der Waals surface area contributed by atoms with E-state index in [2.05, 4.69) is 31.0 Å². The second-order valence-corrected chi connectivity index (χ2v) is 5.51. The van der Waals surface area contributed by atoms with E-state index < -0.39 is 0 Å². The summed E-state index contributed by atoms with van der Waals surface area (Å²) in [6.45, 7) is 8.95. The van der Waals surface area contributed by atoms with Crippen LogP contribution in [0.4, 0.5) is 0 Å². The normalized spacial score (nSPS) is 25.8. The summed E-state index contributed by atoms with van der Waals surface area (Å²) in [6.07, 6.45) is 6.36. The summed E-state index contributed by atoms with van der Waals surface area (Å²) >= 11 is 0. The Kier molecular flexibility index (Phi) is 7.09. The predicted molar refractivity (Wildman–Crippen MR) is 73.3 cm³/mol. The Morgan fingerprint density at radius 2 is 1.88 bits per heavy atom. The number of rotatable bonds is 7. The van der Waals surface area contributed by atoms with E-state index >= 15 is 0 Å². The number of aliphatic hydroxyl groups excluding tert-OH is 1. The van der Waals surface area contributed by atoms with Crippen LogP contribution in [0.1, 0.15) is 52.9 Å². The summed E-state index contributed by atoms with van der Waals surface area (Å²) in [6, 6.07) is 1.96. The lowest BCUT2D eigenvalue weighted by Gasteiger charge is -2.39. The minimum Gasteiger partial charge on any atom is -0.395 e. The van der Waals surface area contributed by atoms with Crippen molar-refractivity contribution in [2.45, 2.75) is 71.0 Å². The molecule has 0 amide bonds. The largest absolute Gasteiger partial charge is 0.395 e. The van der Waals surface area contributed by atoms with Crippen LogP contribution in [0.2, 0.25) is 0 Å². The molecular weight excluding hydrogens is 212 g/mol. The van der Waals surface area contributed by atoms with Gasteiger partial charge in [-0.15, -0.1) is 0 Å². The van der Waals surface area contributed by atoms with Gasteiger partial charge in [0.1, 0.15) is 0 Å². The minimum absolute atomic E-state index is 0.284. The molecule has 0 bridgehead atoms. The monoisotopic (exact) mass is 242 g/mol. The summed E-state index contributed by atoms with van der Waals surface area (Å²) in [5.41, 5.74) is 0. The smallest absolute Gasteiger partial charge is 0.0558 e. The Labute approximate surface area is 107 Å². The zero-order valence-corrected chi connectivity index (χ0v) is 11.8. The molecule has 1 fully saturated rings. The molecule has 1 rings (SSSR count). The number of nitrogens with zero attached hydrogens (tertiary/aromatic N) is 1. The maximum atomic E-state index is 9.13. The number of hydrogen-bond donors (Lipinski definition) is 2. The zero-order valence-electron chi connectivity index (χ0n) is 11.8. The van der Waals surface area contributed by atoms with Crippen LogP contribution in [-0.2, 0) is 0 Å². The summed E-state index contributed by atoms with van der Waals surface area (Å²) in [7, 11) is 0. The van der Waals surface area contributed by atoms with Crippen LogP contribution in [0.25, 0.3) is 0 Å². The number of aliphatic hydroxyl groups is 1. The maximum absolute atomic E-state index is 9.13. The highest BCUT2D eigenvalue weighted by Crippen LogP contribution is 2.24. The van der Waals surface area contributed by atoms with Crippen molar-refractivity contribution < 1.29 is 5.11 Å². The Morgan fingerprint density at radius 3 is 2.35 bits per heavy atom. The van der Waals surface area contributed by atoms with Crippen molar-refractivity contribution in [3.8, 4) is 0 Å². The molecule has 3 heteroatoms. The van der Waals surface area contributed by atoms with Crippen molar-refractivity contribution in [2.75, 3.05) is 19.7 Å². The van der Waals surface area contributed by atoms with Gasteiger partial charge in [-0.05, 0) is 52.5 Å². The third-order valence-corrected chi connectivity index (χ3v) is 3.87. The third-order valence-electron chi connectivity index (χ3n) is 3.87. The summed E-state index contributed by atoms with van der Waals surface area (Å²) < 4.78 is 0. The highest BCUT2D eigenvalue weighted by molar-refractivity contribution is 4.84. The molecule has 2 N–H and O–H groups in total. The van der Waals surface area contributed by atoms with Crippen molar-refractivity contribution in [2.24, 2.45) is 0 Å². The standard InChI is InChI=1S/C14H30N2O/c1-4-9-15-13-5-7-14(8-6-13)16(10-11-17)12(2)3/h12-15,17H,4-11H2,1-3H3. The fraction of sp³-hybridized carbons (Fsp3) is 1.00. The highest BCUT2D eigenvalue weighted by atomic mass is 16.3. The molecule has 102 valence electrons. The molecule has 3 nitrogen and oxygen atoms in total. The van der Waals surface area contributed by atoms with E-state index in [-0.39, 0.29) is 6.61 Å². The van der Waals surface area contributed by atoms with Crippen molar-refractivity contribution in [1.29, 1.82) is 0 Å². The van der Waals surface area contributed by atoms with Gasteiger partial charge in [-0.3, -0.25) is 4.90 Å². The SMILES string of the molecule is CCCNC1CCC(N(CCO)C(C)C)CC1. The molecule has 1 aliphatic carbocycles. The Bertz CT molecular complexity index is 189. The lowest BCUT2D eigenvalue weighted by Crippen LogP contribution is -2.46. The molecule has 0 aromatic rings. The maximum Gasteiger partial charge on any atom is 0.0558 e. The fourth-order valence-corrected chi connectivity index (χ4v) is 2.94. The van der Waals surface area contributed by atoms with Crippen LogP contribution in [0, 0.1) is 0 Å². The van der Waals surface area contributed by atoms with Gasteiger partial charge in [0.05, 0.1) is 6.61 Å². The quantitative estimate of drug-likeness (QED) is 0.717. The van der Waals surface area contributed by atoms with Crippen LogP contribution in [0.15, 0.2) is 0 Å². The second kappa shape index (κ2) is 8.06. The van der Waals surface area contributed by atoms with Crippen LogP contribution in [0.5, 0.6) is 0 Å². The van der Waals surface area contributed by atoms with E-state index in [1.165, 1.54) is 32.1 Å². The molecule has 0 atom stereocenters. The molecule has 0 aromatic heterocycles. The molecule has 1 aliphatic rings.